The number of aryl methyl sites for hydroxylation is 1. The van der Waals surface area contributed by atoms with Crippen LogP contribution in [0.15, 0.2) is 60.7 Å². The van der Waals surface area contributed by atoms with Gasteiger partial charge < -0.3 is 20.3 Å². The van der Waals surface area contributed by atoms with Crippen LogP contribution in [0.4, 0.5) is 28.8 Å². The molecule has 138 valence electrons. The van der Waals surface area contributed by atoms with Gasteiger partial charge >= 0.3 is 0 Å². The van der Waals surface area contributed by atoms with Crippen molar-refractivity contribution in [2.24, 2.45) is 0 Å². The second-order valence-corrected chi connectivity index (χ2v) is 6.45. The summed E-state index contributed by atoms with van der Waals surface area (Å²) in [5.41, 5.74) is 4.03. The van der Waals surface area contributed by atoms with E-state index in [1.54, 1.807) is 0 Å². The predicted molar refractivity (Wildman–Crippen MR) is 109 cm³/mol. The molecule has 0 bridgehead atoms. The van der Waals surface area contributed by atoms with Crippen LogP contribution < -0.4 is 15.5 Å². The molecule has 27 heavy (non-hydrogen) atoms. The van der Waals surface area contributed by atoms with Gasteiger partial charge in [0.15, 0.2) is 0 Å². The number of morpholine rings is 1. The average Bonchev–Trinajstić information content (AvgIpc) is 2.69. The maximum absolute atomic E-state index is 5.47. The predicted octanol–water partition coefficient (Wildman–Crippen LogP) is 4.11. The summed E-state index contributed by atoms with van der Waals surface area (Å²) in [6.45, 7) is 5.24. The Morgan fingerprint density at radius 3 is 2.44 bits per heavy atom. The molecule has 0 aliphatic carbocycles. The smallest absolute Gasteiger partial charge is 0.229 e. The van der Waals surface area contributed by atoms with E-state index >= 15 is 0 Å². The third-order valence-corrected chi connectivity index (χ3v) is 4.40. The molecule has 2 heterocycles. The summed E-state index contributed by atoms with van der Waals surface area (Å²) >= 11 is 0. The van der Waals surface area contributed by atoms with E-state index in [-0.39, 0.29) is 0 Å². The van der Waals surface area contributed by atoms with E-state index in [1.807, 2.05) is 49.4 Å². The van der Waals surface area contributed by atoms with E-state index in [0.717, 1.165) is 54.9 Å². The van der Waals surface area contributed by atoms with Crippen molar-refractivity contribution in [3.05, 3.63) is 66.4 Å². The molecule has 1 aliphatic heterocycles. The molecule has 6 heteroatoms. The van der Waals surface area contributed by atoms with Crippen molar-refractivity contribution in [2.45, 2.75) is 6.92 Å². The number of para-hydroxylation sites is 3. The molecule has 1 aliphatic rings. The maximum atomic E-state index is 5.47. The molecule has 2 N–H and O–H groups in total. The molecule has 4 rings (SSSR count). The highest BCUT2D eigenvalue weighted by Gasteiger charge is 2.15. The maximum Gasteiger partial charge on any atom is 0.229 e. The van der Waals surface area contributed by atoms with E-state index in [1.165, 1.54) is 0 Å². The molecule has 0 spiro atoms. The van der Waals surface area contributed by atoms with Crippen LogP contribution in [0.2, 0.25) is 0 Å². The van der Waals surface area contributed by atoms with Gasteiger partial charge in [-0.3, -0.25) is 0 Å². The van der Waals surface area contributed by atoms with Crippen molar-refractivity contribution in [3.8, 4) is 0 Å². The Bertz CT molecular complexity index is 894. The lowest BCUT2D eigenvalue weighted by Gasteiger charge is -2.30. The lowest BCUT2D eigenvalue weighted by Crippen LogP contribution is -2.36. The van der Waals surface area contributed by atoms with Gasteiger partial charge in [-0.2, -0.15) is 4.98 Å². The van der Waals surface area contributed by atoms with Gasteiger partial charge in [0.05, 0.1) is 24.6 Å². The topological polar surface area (TPSA) is 62.3 Å². The number of nitrogens with zero attached hydrogens (tertiary/aromatic N) is 3. The summed E-state index contributed by atoms with van der Waals surface area (Å²) in [7, 11) is 0. The molecule has 1 saturated heterocycles. The first kappa shape index (κ1) is 17.3. The second kappa shape index (κ2) is 8.05. The summed E-state index contributed by atoms with van der Waals surface area (Å²) in [5.74, 6) is 1.34. The molecule has 1 aromatic heterocycles. The van der Waals surface area contributed by atoms with E-state index in [4.69, 9.17) is 4.74 Å². The van der Waals surface area contributed by atoms with Gasteiger partial charge in [-0.25, -0.2) is 4.98 Å². The van der Waals surface area contributed by atoms with Crippen molar-refractivity contribution >= 4 is 28.8 Å². The average molecular weight is 361 g/mol. The molecule has 0 atom stereocenters. The fourth-order valence-electron chi connectivity index (χ4n) is 3.14. The SMILES string of the molecule is Cc1cc(Nc2ccccc2)nc(Nc2ccccc2N2CCOCC2)n1. The first-order chi connectivity index (χ1) is 13.3. The highest BCUT2D eigenvalue weighted by atomic mass is 16.5. The number of nitrogens with one attached hydrogen (secondary N) is 2. The minimum atomic E-state index is 0.578. The molecule has 0 amide bonds. The molecule has 2 aromatic carbocycles. The van der Waals surface area contributed by atoms with Crippen molar-refractivity contribution in [1.29, 1.82) is 0 Å². The molecular formula is C21H23N5O. The Kier molecular flexibility index (Phi) is 5.16. The standard InChI is InChI=1S/C21H23N5O/c1-16-15-20(23-17-7-3-2-4-8-17)25-21(22-16)24-18-9-5-6-10-19(18)26-11-13-27-14-12-26/h2-10,15H,11-14H2,1H3,(H2,22,23,24,25). The van der Waals surface area contributed by atoms with Crippen molar-refractivity contribution in [3.63, 3.8) is 0 Å². The molecule has 3 aromatic rings. The summed E-state index contributed by atoms with van der Waals surface area (Å²) in [5, 5.41) is 6.72. The zero-order valence-electron chi connectivity index (χ0n) is 15.4. The molecule has 0 unspecified atom stereocenters. The van der Waals surface area contributed by atoms with Crippen LogP contribution in [0.3, 0.4) is 0 Å². The number of benzene rings is 2. The zero-order valence-corrected chi connectivity index (χ0v) is 15.4. The molecule has 0 radical (unpaired) electrons. The number of ether oxygens (including phenoxy) is 1. The summed E-state index contributed by atoms with van der Waals surface area (Å²) in [6, 6.07) is 20.2. The van der Waals surface area contributed by atoms with Crippen LogP contribution in [0.5, 0.6) is 0 Å². The fourth-order valence-corrected chi connectivity index (χ4v) is 3.14. The Morgan fingerprint density at radius 2 is 1.63 bits per heavy atom. The van der Waals surface area contributed by atoms with Crippen LogP contribution in [-0.2, 0) is 4.74 Å². The minimum absolute atomic E-state index is 0.578. The second-order valence-electron chi connectivity index (χ2n) is 6.45. The van der Waals surface area contributed by atoms with Crippen molar-refractivity contribution in [1.82, 2.24) is 9.97 Å². The molecule has 6 nitrogen and oxygen atoms in total. The summed E-state index contributed by atoms with van der Waals surface area (Å²) in [4.78, 5) is 11.5. The highest BCUT2D eigenvalue weighted by molar-refractivity contribution is 5.74. The fraction of sp³-hybridized carbons (Fsp3) is 0.238. The molecule has 1 fully saturated rings. The molecule has 0 saturated carbocycles. The van der Waals surface area contributed by atoms with Crippen LogP contribution in [0.25, 0.3) is 0 Å². The van der Waals surface area contributed by atoms with E-state index in [0.29, 0.717) is 5.95 Å². The van der Waals surface area contributed by atoms with Gasteiger partial charge in [0, 0.05) is 30.5 Å². The number of hydrogen-bond acceptors (Lipinski definition) is 6. The van der Waals surface area contributed by atoms with Gasteiger partial charge in [0.25, 0.3) is 0 Å². The number of anilines is 5. The lowest BCUT2D eigenvalue weighted by molar-refractivity contribution is 0.123. The number of hydrogen-bond donors (Lipinski definition) is 2. The summed E-state index contributed by atoms with van der Waals surface area (Å²) < 4.78 is 5.47. The van der Waals surface area contributed by atoms with Gasteiger partial charge in [0.1, 0.15) is 5.82 Å². The largest absolute Gasteiger partial charge is 0.378 e. The normalized spacial score (nSPS) is 14.0. The first-order valence-electron chi connectivity index (χ1n) is 9.14. The quantitative estimate of drug-likeness (QED) is 0.713. The van der Waals surface area contributed by atoms with Gasteiger partial charge in [0.2, 0.25) is 5.95 Å². The zero-order chi connectivity index (χ0) is 18.5. The van der Waals surface area contributed by atoms with Crippen LogP contribution >= 0.6 is 0 Å². The Hall–Kier alpha value is -3.12. The van der Waals surface area contributed by atoms with E-state index in [9.17, 15) is 0 Å². The van der Waals surface area contributed by atoms with E-state index in [2.05, 4.69) is 43.7 Å². The molecular weight excluding hydrogens is 338 g/mol. The Morgan fingerprint density at radius 1 is 0.889 bits per heavy atom. The first-order valence-corrected chi connectivity index (χ1v) is 9.14. The van der Waals surface area contributed by atoms with Crippen LogP contribution in [0.1, 0.15) is 5.69 Å². The minimum Gasteiger partial charge on any atom is -0.378 e. The Labute approximate surface area is 159 Å². The highest BCUT2D eigenvalue weighted by Crippen LogP contribution is 2.29. The van der Waals surface area contributed by atoms with Gasteiger partial charge in [-0.05, 0) is 31.2 Å². The Balaban J connectivity index is 1.58. The number of rotatable bonds is 5. The van der Waals surface area contributed by atoms with Gasteiger partial charge in [-0.1, -0.05) is 30.3 Å². The number of aromatic nitrogens is 2. The van der Waals surface area contributed by atoms with Gasteiger partial charge in [-0.15, -0.1) is 0 Å². The van der Waals surface area contributed by atoms with E-state index < -0.39 is 0 Å². The van der Waals surface area contributed by atoms with Crippen molar-refractivity contribution in [2.75, 3.05) is 41.8 Å². The van der Waals surface area contributed by atoms with Crippen molar-refractivity contribution < 1.29 is 4.74 Å². The summed E-state index contributed by atoms with van der Waals surface area (Å²) in [6.07, 6.45) is 0. The third-order valence-electron chi connectivity index (χ3n) is 4.40. The van der Waals surface area contributed by atoms with Crippen LogP contribution in [0, 0.1) is 6.92 Å². The van der Waals surface area contributed by atoms with Crippen LogP contribution in [-0.4, -0.2) is 36.3 Å². The third kappa shape index (κ3) is 4.35. The monoisotopic (exact) mass is 361 g/mol. The lowest BCUT2D eigenvalue weighted by atomic mass is 10.2.